The lowest BCUT2D eigenvalue weighted by Gasteiger charge is -2.12. The van der Waals surface area contributed by atoms with E-state index in [1.807, 2.05) is 42.5 Å². The Morgan fingerprint density at radius 3 is 2.22 bits per heavy atom. The van der Waals surface area contributed by atoms with Crippen LogP contribution in [0.1, 0.15) is 5.56 Å². The summed E-state index contributed by atoms with van der Waals surface area (Å²) in [6.45, 7) is 1.87. The van der Waals surface area contributed by atoms with E-state index >= 15 is 0 Å². The number of halogens is 1. The molecule has 0 amide bonds. The van der Waals surface area contributed by atoms with E-state index in [4.69, 9.17) is 4.74 Å². The van der Waals surface area contributed by atoms with Crippen molar-refractivity contribution in [3.8, 4) is 5.75 Å². The molecule has 0 radical (unpaired) electrons. The minimum absolute atomic E-state index is 0. The van der Waals surface area contributed by atoms with E-state index < -0.39 is 9.84 Å². The third-order valence-corrected chi connectivity index (χ3v) is 4.82. The summed E-state index contributed by atoms with van der Waals surface area (Å²) in [7, 11) is -1.43. The molecule has 2 N–H and O–H groups in total. The largest absolute Gasteiger partial charge is 0.492 e. The number of aliphatic imine (C=N–C) groups is 1. The fraction of sp³-hybridized carbons (Fsp3) is 0.316. The van der Waals surface area contributed by atoms with Gasteiger partial charge in [0.15, 0.2) is 15.8 Å². The molecule has 148 valence electrons. The van der Waals surface area contributed by atoms with Crippen LogP contribution in [0.3, 0.4) is 0 Å². The first-order valence-corrected chi connectivity index (χ1v) is 10.3. The number of para-hydroxylation sites is 1. The average Bonchev–Trinajstić information content (AvgIpc) is 2.64. The van der Waals surface area contributed by atoms with Crippen molar-refractivity contribution >= 4 is 39.8 Å². The van der Waals surface area contributed by atoms with Crippen molar-refractivity contribution in [2.45, 2.75) is 11.3 Å². The van der Waals surface area contributed by atoms with E-state index in [1.54, 1.807) is 19.2 Å². The van der Waals surface area contributed by atoms with Crippen molar-refractivity contribution in [1.82, 2.24) is 10.6 Å². The lowest BCUT2D eigenvalue weighted by molar-refractivity contribution is 0.322. The molecule has 0 bridgehead atoms. The molecular weight excluding hydrogens is 477 g/mol. The molecule has 2 aromatic rings. The number of benzene rings is 2. The fourth-order valence-electron chi connectivity index (χ4n) is 2.30. The van der Waals surface area contributed by atoms with E-state index in [2.05, 4.69) is 15.6 Å². The molecule has 0 aliphatic heterocycles. The molecule has 0 spiro atoms. The van der Waals surface area contributed by atoms with Crippen LogP contribution in [0.4, 0.5) is 0 Å². The summed E-state index contributed by atoms with van der Waals surface area (Å²) in [5.41, 5.74) is 1.06. The lowest BCUT2D eigenvalue weighted by atomic mass is 10.1. The Balaban J connectivity index is 0.00000364. The summed E-state index contributed by atoms with van der Waals surface area (Å²) in [5.74, 6) is 1.55. The van der Waals surface area contributed by atoms with Crippen molar-refractivity contribution in [2.75, 3.05) is 33.0 Å². The molecule has 8 heteroatoms. The second kappa shape index (κ2) is 11.8. The molecular formula is C19H26IN3O3S. The van der Waals surface area contributed by atoms with Crippen molar-refractivity contribution in [2.24, 2.45) is 4.99 Å². The van der Waals surface area contributed by atoms with Gasteiger partial charge in [0, 0.05) is 19.8 Å². The summed E-state index contributed by atoms with van der Waals surface area (Å²) >= 11 is 0. The predicted molar refractivity (Wildman–Crippen MR) is 120 cm³/mol. The van der Waals surface area contributed by atoms with Gasteiger partial charge in [-0.05, 0) is 36.2 Å². The predicted octanol–water partition coefficient (Wildman–Crippen LogP) is 2.49. The number of nitrogens with one attached hydrogen (secondary N) is 2. The maximum absolute atomic E-state index is 11.5. The summed E-state index contributed by atoms with van der Waals surface area (Å²) in [4.78, 5) is 4.51. The van der Waals surface area contributed by atoms with E-state index in [-0.39, 0.29) is 24.0 Å². The third kappa shape index (κ3) is 8.61. The maximum Gasteiger partial charge on any atom is 0.191 e. The van der Waals surface area contributed by atoms with Crippen LogP contribution in [0.25, 0.3) is 0 Å². The van der Waals surface area contributed by atoms with Crippen LogP contribution in [0, 0.1) is 0 Å². The van der Waals surface area contributed by atoms with Crippen molar-refractivity contribution in [1.29, 1.82) is 0 Å². The quantitative estimate of drug-likeness (QED) is 0.251. The smallest absolute Gasteiger partial charge is 0.191 e. The summed E-state index contributed by atoms with van der Waals surface area (Å²) < 4.78 is 28.5. The first-order chi connectivity index (χ1) is 12.5. The molecule has 0 saturated carbocycles. The topological polar surface area (TPSA) is 79.8 Å². The Kier molecular flexibility index (Phi) is 10.2. The molecule has 6 nitrogen and oxygen atoms in total. The molecule has 0 fully saturated rings. The standard InChI is InChI=1S/C19H25N3O3S.HI/c1-20-19(22-14-15-25-17-6-4-3-5-7-17)21-13-12-16-8-10-18(11-9-16)26(2,23)24;/h3-11H,12-15H2,1-2H3,(H2,20,21,22);1H. The minimum Gasteiger partial charge on any atom is -0.492 e. The number of nitrogens with zero attached hydrogens (tertiary/aromatic N) is 1. The van der Waals surface area contributed by atoms with Crippen molar-refractivity contribution in [3.63, 3.8) is 0 Å². The number of guanidine groups is 1. The maximum atomic E-state index is 11.5. The molecule has 0 unspecified atom stereocenters. The molecule has 0 saturated heterocycles. The van der Waals surface area contributed by atoms with Crippen LogP contribution in [0.2, 0.25) is 0 Å². The second-order valence-electron chi connectivity index (χ2n) is 5.75. The van der Waals surface area contributed by atoms with E-state index in [0.717, 1.165) is 17.7 Å². The molecule has 2 aromatic carbocycles. The van der Waals surface area contributed by atoms with Crippen LogP contribution in [-0.4, -0.2) is 47.4 Å². The van der Waals surface area contributed by atoms with Gasteiger partial charge in [-0.2, -0.15) is 0 Å². The van der Waals surface area contributed by atoms with Gasteiger partial charge in [-0.15, -0.1) is 24.0 Å². The Morgan fingerprint density at radius 1 is 1.00 bits per heavy atom. The molecule has 0 aliphatic rings. The molecule has 0 aromatic heterocycles. The Bertz CT molecular complexity index is 810. The summed E-state index contributed by atoms with van der Waals surface area (Å²) in [6.07, 6.45) is 1.98. The van der Waals surface area contributed by atoms with Gasteiger partial charge in [-0.25, -0.2) is 8.42 Å². The molecule has 0 atom stereocenters. The zero-order valence-corrected chi connectivity index (χ0v) is 18.7. The molecule has 27 heavy (non-hydrogen) atoms. The van der Waals surface area contributed by atoms with E-state index in [9.17, 15) is 8.42 Å². The zero-order valence-electron chi connectivity index (χ0n) is 15.5. The van der Waals surface area contributed by atoms with Gasteiger partial charge in [0.05, 0.1) is 11.4 Å². The first-order valence-electron chi connectivity index (χ1n) is 8.40. The highest BCUT2D eigenvalue weighted by Crippen LogP contribution is 2.10. The highest BCUT2D eigenvalue weighted by atomic mass is 127. The number of sulfone groups is 1. The van der Waals surface area contributed by atoms with Gasteiger partial charge < -0.3 is 15.4 Å². The minimum atomic E-state index is -3.15. The number of rotatable bonds is 8. The fourth-order valence-corrected chi connectivity index (χ4v) is 2.93. The zero-order chi connectivity index (χ0) is 18.8. The average molecular weight is 503 g/mol. The van der Waals surface area contributed by atoms with Gasteiger partial charge in [-0.3, -0.25) is 4.99 Å². The van der Waals surface area contributed by atoms with Crippen LogP contribution in [0.5, 0.6) is 5.75 Å². The number of hydrogen-bond donors (Lipinski definition) is 2. The Hall–Kier alpha value is -1.81. The van der Waals surface area contributed by atoms with Crippen LogP contribution < -0.4 is 15.4 Å². The van der Waals surface area contributed by atoms with Crippen LogP contribution in [-0.2, 0) is 16.3 Å². The van der Waals surface area contributed by atoms with Gasteiger partial charge in [0.25, 0.3) is 0 Å². The highest BCUT2D eigenvalue weighted by molar-refractivity contribution is 14.0. The number of hydrogen-bond acceptors (Lipinski definition) is 4. The summed E-state index contributed by atoms with van der Waals surface area (Å²) in [5, 5.41) is 6.42. The normalized spacial score (nSPS) is 11.4. The van der Waals surface area contributed by atoms with E-state index in [1.165, 1.54) is 6.26 Å². The molecule has 0 aliphatic carbocycles. The first kappa shape index (κ1) is 23.2. The van der Waals surface area contributed by atoms with Crippen molar-refractivity contribution < 1.29 is 13.2 Å². The second-order valence-corrected chi connectivity index (χ2v) is 7.77. The highest BCUT2D eigenvalue weighted by Gasteiger charge is 2.06. The van der Waals surface area contributed by atoms with Crippen LogP contribution >= 0.6 is 24.0 Å². The molecule has 0 heterocycles. The third-order valence-electron chi connectivity index (χ3n) is 3.69. The van der Waals surface area contributed by atoms with Crippen LogP contribution in [0.15, 0.2) is 64.5 Å². The van der Waals surface area contributed by atoms with E-state index in [0.29, 0.717) is 30.6 Å². The Morgan fingerprint density at radius 2 is 1.63 bits per heavy atom. The summed E-state index contributed by atoms with van der Waals surface area (Å²) in [6, 6.07) is 16.6. The van der Waals surface area contributed by atoms with Gasteiger partial charge in [-0.1, -0.05) is 30.3 Å². The molecule has 2 rings (SSSR count). The van der Waals surface area contributed by atoms with Gasteiger partial charge in [0.1, 0.15) is 12.4 Å². The van der Waals surface area contributed by atoms with Gasteiger partial charge >= 0.3 is 0 Å². The monoisotopic (exact) mass is 503 g/mol. The Labute approximate surface area is 178 Å². The number of ether oxygens (including phenoxy) is 1. The lowest BCUT2D eigenvalue weighted by Crippen LogP contribution is -2.40. The SMILES string of the molecule is CN=C(NCCOc1ccccc1)NCCc1ccc(S(C)(=O)=O)cc1.I. The van der Waals surface area contributed by atoms with Crippen molar-refractivity contribution in [3.05, 3.63) is 60.2 Å². The van der Waals surface area contributed by atoms with Gasteiger partial charge in [0.2, 0.25) is 0 Å².